The minimum atomic E-state index is 0.536. The summed E-state index contributed by atoms with van der Waals surface area (Å²) in [6.07, 6.45) is 4.10. The van der Waals surface area contributed by atoms with Gasteiger partial charge in [-0.25, -0.2) is 4.98 Å². The van der Waals surface area contributed by atoms with Crippen molar-refractivity contribution in [1.29, 1.82) is 0 Å². The zero-order valence-corrected chi connectivity index (χ0v) is 12.0. The molecule has 0 saturated heterocycles. The minimum Gasteiger partial charge on any atom is -0.328 e. The maximum atomic E-state index is 5.85. The second kappa shape index (κ2) is 5.51. The number of para-hydroxylation sites is 2. The minimum absolute atomic E-state index is 0.536. The molecule has 0 aliphatic carbocycles. The summed E-state index contributed by atoms with van der Waals surface area (Å²) in [6.45, 7) is 0. The fraction of sp³-hybridized carbons (Fsp3) is 0.118. The number of hydrogen-bond donors (Lipinski definition) is 0. The Morgan fingerprint density at radius 2 is 1.95 bits per heavy atom. The molecule has 100 valence electrons. The number of aryl methyl sites for hydroxylation is 1. The van der Waals surface area contributed by atoms with Crippen LogP contribution in [0.3, 0.4) is 0 Å². The monoisotopic (exact) mass is 282 g/mol. The van der Waals surface area contributed by atoms with Gasteiger partial charge in [0.25, 0.3) is 0 Å². The van der Waals surface area contributed by atoms with E-state index in [1.54, 1.807) is 0 Å². The quantitative estimate of drug-likeness (QED) is 0.648. The molecule has 0 radical (unpaired) electrons. The largest absolute Gasteiger partial charge is 0.328 e. The number of nitrogens with zero attached hydrogens (tertiary/aromatic N) is 2. The second-order valence-corrected chi connectivity index (χ2v) is 5.00. The lowest BCUT2D eigenvalue weighted by Crippen LogP contribution is -1.90. The van der Waals surface area contributed by atoms with Gasteiger partial charge in [0.1, 0.15) is 5.82 Å². The van der Waals surface area contributed by atoms with Crippen molar-refractivity contribution in [1.82, 2.24) is 9.55 Å². The molecule has 0 atom stereocenters. The summed E-state index contributed by atoms with van der Waals surface area (Å²) in [7, 11) is 2.03. The summed E-state index contributed by atoms with van der Waals surface area (Å²) >= 11 is 5.85. The van der Waals surface area contributed by atoms with Gasteiger partial charge in [-0.1, -0.05) is 42.5 Å². The predicted molar refractivity (Wildman–Crippen MR) is 85.6 cm³/mol. The Bertz CT molecular complexity index is 772. The van der Waals surface area contributed by atoms with Crippen molar-refractivity contribution >= 4 is 34.8 Å². The van der Waals surface area contributed by atoms with Gasteiger partial charge in [-0.3, -0.25) is 0 Å². The average molecular weight is 283 g/mol. The number of fused-ring (bicyclic) bond motifs is 1. The molecular weight excluding hydrogens is 268 g/mol. The maximum absolute atomic E-state index is 5.85. The summed E-state index contributed by atoms with van der Waals surface area (Å²) in [4.78, 5) is 4.62. The zero-order valence-electron chi connectivity index (χ0n) is 11.3. The van der Waals surface area contributed by atoms with Gasteiger partial charge in [-0.15, -0.1) is 11.6 Å². The third-order valence-electron chi connectivity index (χ3n) is 3.35. The lowest BCUT2D eigenvalue weighted by Gasteiger charge is -1.99. The van der Waals surface area contributed by atoms with E-state index in [4.69, 9.17) is 11.6 Å². The smallest absolute Gasteiger partial charge is 0.133 e. The van der Waals surface area contributed by atoms with Gasteiger partial charge in [0.15, 0.2) is 0 Å². The van der Waals surface area contributed by atoms with Gasteiger partial charge in [-0.2, -0.15) is 0 Å². The number of aromatic nitrogens is 2. The Labute approximate surface area is 123 Å². The Balaban J connectivity index is 1.95. The van der Waals surface area contributed by atoms with E-state index in [1.165, 1.54) is 0 Å². The molecule has 3 heteroatoms. The van der Waals surface area contributed by atoms with E-state index in [0.717, 1.165) is 28.0 Å². The highest BCUT2D eigenvalue weighted by Gasteiger charge is 2.03. The summed E-state index contributed by atoms with van der Waals surface area (Å²) in [6, 6.07) is 16.3. The molecular formula is C17H15ClN2. The maximum Gasteiger partial charge on any atom is 0.133 e. The number of benzene rings is 2. The number of rotatable bonds is 3. The Morgan fingerprint density at radius 3 is 2.75 bits per heavy atom. The highest BCUT2D eigenvalue weighted by atomic mass is 35.5. The van der Waals surface area contributed by atoms with Crippen molar-refractivity contribution in [2.24, 2.45) is 7.05 Å². The first-order valence-electron chi connectivity index (χ1n) is 6.52. The van der Waals surface area contributed by atoms with Crippen molar-refractivity contribution in [2.45, 2.75) is 5.88 Å². The van der Waals surface area contributed by atoms with E-state index >= 15 is 0 Å². The van der Waals surface area contributed by atoms with Gasteiger partial charge in [-0.05, 0) is 29.3 Å². The number of halogens is 1. The lowest BCUT2D eigenvalue weighted by molar-refractivity contribution is 0.930. The van der Waals surface area contributed by atoms with Crippen LogP contribution in [0.2, 0.25) is 0 Å². The normalized spacial score (nSPS) is 11.5. The van der Waals surface area contributed by atoms with E-state index < -0.39 is 0 Å². The van der Waals surface area contributed by atoms with Crippen molar-refractivity contribution in [2.75, 3.05) is 0 Å². The second-order valence-electron chi connectivity index (χ2n) is 4.73. The zero-order chi connectivity index (χ0) is 13.9. The van der Waals surface area contributed by atoms with E-state index in [-0.39, 0.29) is 0 Å². The first-order chi connectivity index (χ1) is 9.78. The molecule has 0 aliphatic rings. The third kappa shape index (κ3) is 2.47. The molecule has 2 nitrogen and oxygen atoms in total. The van der Waals surface area contributed by atoms with Crippen LogP contribution in [0.4, 0.5) is 0 Å². The lowest BCUT2D eigenvalue weighted by atomic mass is 10.1. The topological polar surface area (TPSA) is 17.8 Å². The van der Waals surface area contributed by atoms with E-state index in [0.29, 0.717) is 5.88 Å². The van der Waals surface area contributed by atoms with Gasteiger partial charge in [0.05, 0.1) is 11.0 Å². The molecule has 3 rings (SSSR count). The van der Waals surface area contributed by atoms with E-state index in [2.05, 4.69) is 33.8 Å². The first-order valence-corrected chi connectivity index (χ1v) is 7.06. The van der Waals surface area contributed by atoms with Crippen molar-refractivity contribution < 1.29 is 0 Å². The van der Waals surface area contributed by atoms with Crippen LogP contribution in [0.1, 0.15) is 17.0 Å². The van der Waals surface area contributed by atoms with Crippen LogP contribution in [0, 0.1) is 0 Å². The highest BCUT2D eigenvalue weighted by Crippen LogP contribution is 2.16. The van der Waals surface area contributed by atoms with Crippen molar-refractivity contribution in [3.63, 3.8) is 0 Å². The molecule has 0 saturated carbocycles. The van der Waals surface area contributed by atoms with Crippen molar-refractivity contribution in [3.05, 3.63) is 65.5 Å². The summed E-state index contributed by atoms with van der Waals surface area (Å²) in [5.74, 6) is 1.48. The fourth-order valence-corrected chi connectivity index (χ4v) is 2.43. The van der Waals surface area contributed by atoms with Crippen LogP contribution < -0.4 is 0 Å². The average Bonchev–Trinajstić information content (AvgIpc) is 2.82. The summed E-state index contributed by atoms with van der Waals surface area (Å²) in [5.41, 5.74) is 4.42. The first kappa shape index (κ1) is 12.9. The Morgan fingerprint density at radius 1 is 1.10 bits per heavy atom. The van der Waals surface area contributed by atoms with E-state index in [1.807, 2.05) is 43.5 Å². The SMILES string of the molecule is Cn1c(/C=C/c2cccc(CCl)c2)nc2ccccc21. The van der Waals surface area contributed by atoms with Crippen LogP contribution in [-0.4, -0.2) is 9.55 Å². The molecule has 20 heavy (non-hydrogen) atoms. The van der Waals surface area contributed by atoms with E-state index in [9.17, 15) is 0 Å². The highest BCUT2D eigenvalue weighted by molar-refractivity contribution is 6.17. The molecule has 0 aliphatic heterocycles. The standard InChI is InChI=1S/C17H15ClN2/c1-20-16-8-3-2-7-15(16)19-17(20)10-9-13-5-4-6-14(11-13)12-18/h2-11H,12H2,1H3/b10-9+. The molecule has 2 aromatic carbocycles. The fourth-order valence-electron chi connectivity index (χ4n) is 2.26. The van der Waals surface area contributed by atoms with Gasteiger partial charge >= 0.3 is 0 Å². The Kier molecular flexibility index (Phi) is 3.57. The predicted octanol–water partition coefficient (Wildman–Crippen LogP) is 4.48. The van der Waals surface area contributed by atoms with Crippen molar-refractivity contribution in [3.8, 4) is 0 Å². The summed E-state index contributed by atoms with van der Waals surface area (Å²) < 4.78 is 2.09. The number of imidazole rings is 1. The van der Waals surface area contributed by atoms with Crippen LogP contribution in [0.25, 0.3) is 23.2 Å². The van der Waals surface area contributed by atoms with Crippen LogP contribution in [-0.2, 0) is 12.9 Å². The number of alkyl halides is 1. The van der Waals surface area contributed by atoms with Crippen LogP contribution in [0.5, 0.6) is 0 Å². The molecule has 0 spiro atoms. The Hall–Kier alpha value is -2.06. The molecule has 3 aromatic rings. The molecule has 0 fully saturated rings. The van der Waals surface area contributed by atoms with Gasteiger partial charge < -0.3 is 4.57 Å². The molecule has 0 N–H and O–H groups in total. The molecule has 0 unspecified atom stereocenters. The summed E-state index contributed by atoms with van der Waals surface area (Å²) in [5, 5.41) is 0. The van der Waals surface area contributed by atoms with Gasteiger partial charge in [0, 0.05) is 12.9 Å². The number of hydrogen-bond acceptors (Lipinski definition) is 1. The van der Waals surface area contributed by atoms with Crippen LogP contribution in [0.15, 0.2) is 48.5 Å². The third-order valence-corrected chi connectivity index (χ3v) is 3.66. The van der Waals surface area contributed by atoms with Crippen LogP contribution >= 0.6 is 11.6 Å². The molecule has 0 amide bonds. The molecule has 0 bridgehead atoms. The molecule has 1 heterocycles. The molecule has 1 aromatic heterocycles. The van der Waals surface area contributed by atoms with Gasteiger partial charge in [0.2, 0.25) is 0 Å².